The fourth-order valence-corrected chi connectivity index (χ4v) is 2.59. The van der Waals surface area contributed by atoms with Crippen molar-refractivity contribution in [2.24, 2.45) is 17.8 Å². The maximum absolute atomic E-state index is 11.5. The molecule has 0 radical (unpaired) electrons. The molecule has 1 aliphatic rings. The zero-order chi connectivity index (χ0) is 12.7. The van der Waals surface area contributed by atoms with E-state index >= 15 is 0 Å². The van der Waals surface area contributed by atoms with Crippen molar-refractivity contribution in [3.05, 3.63) is 0 Å². The molecule has 1 unspecified atom stereocenters. The zero-order valence-electron chi connectivity index (χ0n) is 11.5. The van der Waals surface area contributed by atoms with Gasteiger partial charge in [-0.1, -0.05) is 26.7 Å². The van der Waals surface area contributed by atoms with Crippen molar-refractivity contribution in [3.63, 3.8) is 0 Å². The maximum atomic E-state index is 11.5. The standard InChI is InChI=1S/C14H27NO2/c1-11(2)13-6-4-5-7-17-10-12(8-13)9-14(16)15-3/h11-13H,4-10H2,1-3H3,(H,15,16)/t12-,13?/m1/s1. The van der Waals surface area contributed by atoms with Crippen molar-refractivity contribution in [2.75, 3.05) is 20.3 Å². The first-order valence-corrected chi connectivity index (χ1v) is 6.91. The Kier molecular flexibility index (Phi) is 6.56. The van der Waals surface area contributed by atoms with Crippen molar-refractivity contribution in [1.82, 2.24) is 5.32 Å². The molecular weight excluding hydrogens is 214 g/mol. The predicted octanol–water partition coefficient (Wildman–Crippen LogP) is 2.60. The first-order valence-electron chi connectivity index (χ1n) is 6.91. The van der Waals surface area contributed by atoms with Gasteiger partial charge in [-0.25, -0.2) is 0 Å². The molecule has 17 heavy (non-hydrogen) atoms. The third kappa shape index (κ3) is 5.53. The Morgan fingerprint density at radius 1 is 1.41 bits per heavy atom. The molecular formula is C14H27NO2. The molecule has 0 spiro atoms. The number of amides is 1. The van der Waals surface area contributed by atoms with Crippen LogP contribution in [0.5, 0.6) is 0 Å². The van der Waals surface area contributed by atoms with E-state index in [9.17, 15) is 4.79 Å². The first-order chi connectivity index (χ1) is 8.13. The zero-order valence-corrected chi connectivity index (χ0v) is 11.5. The van der Waals surface area contributed by atoms with Gasteiger partial charge in [0.2, 0.25) is 5.91 Å². The van der Waals surface area contributed by atoms with Gasteiger partial charge in [0, 0.05) is 26.7 Å². The van der Waals surface area contributed by atoms with E-state index in [0.29, 0.717) is 18.3 Å². The van der Waals surface area contributed by atoms with Crippen molar-refractivity contribution in [1.29, 1.82) is 0 Å². The molecule has 100 valence electrons. The summed E-state index contributed by atoms with van der Waals surface area (Å²) < 4.78 is 5.66. The minimum absolute atomic E-state index is 0.139. The number of carbonyl (C=O) groups is 1. The van der Waals surface area contributed by atoms with E-state index in [0.717, 1.165) is 32.0 Å². The molecule has 1 heterocycles. The van der Waals surface area contributed by atoms with Crippen molar-refractivity contribution in [3.8, 4) is 0 Å². The van der Waals surface area contributed by atoms with Gasteiger partial charge < -0.3 is 10.1 Å². The lowest BCUT2D eigenvalue weighted by Gasteiger charge is -2.24. The first kappa shape index (κ1) is 14.5. The lowest BCUT2D eigenvalue weighted by molar-refractivity contribution is -0.122. The van der Waals surface area contributed by atoms with Gasteiger partial charge in [-0.05, 0) is 30.6 Å². The van der Waals surface area contributed by atoms with Crippen molar-refractivity contribution in [2.45, 2.75) is 46.0 Å². The Labute approximate surface area is 105 Å². The quantitative estimate of drug-likeness (QED) is 0.825. The average Bonchev–Trinajstić information content (AvgIpc) is 2.41. The Morgan fingerprint density at radius 3 is 2.82 bits per heavy atom. The summed E-state index contributed by atoms with van der Waals surface area (Å²) in [5, 5.41) is 2.71. The molecule has 1 fully saturated rings. The summed E-state index contributed by atoms with van der Waals surface area (Å²) in [7, 11) is 1.71. The molecule has 1 aliphatic heterocycles. The summed E-state index contributed by atoms with van der Waals surface area (Å²) in [6.45, 7) is 6.19. The highest BCUT2D eigenvalue weighted by atomic mass is 16.5. The van der Waals surface area contributed by atoms with Crippen molar-refractivity contribution < 1.29 is 9.53 Å². The second-order valence-corrected chi connectivity index (χ2v) is 5.55. The van der Waals surface area contributed by atoms with Crippen LogP contribution in [0.15, 0.2) is 0 Å². The van der Waals surface area contributed by atoms with Crippen LogP contribution >= 0.6 is 0 Å². The van der Waals surface area contributed by atoms with Gasteiger partial charge in [0.1, 0.15) is 0 Å². The van der Waals surface area contributed by atoms with Gasteiger partial charge in [-0.15, -0.1) is 0 Å². The van der Waals surface area contributed by atoms with E-state index in [4.69, 9.17) is 4.74 Å². The fourth-order valence-electron chi connectivity index (χ4n) is 2.59. The number of ether oxygens (including phenoxy) is 1. The highest BCUT2D eigenvalue weighted by molar-refractivity contribution is 5.75. The number of rotatable bonds is 3. The van der Waals surface area contributed by atoms with Gasteiger partial charge in [0.25, 0.3) is 0 Å². The van der Waals surface area contributed by atoms with E-state index < -0.39 is 0 Å². The largest absolute Gasteiger partial charge is 0.381 e. The van der Waals surface area contributed by atoms with Crippen LogP contribution in [0.2, 0.25) is 0 Å². The Hall–Kier alpha value is -0.570. The highest BCUT2D eigenvalue weighted by Crippen LogP contribution is 2.28. The summed E-state index contributed by atoms with van der Waals surface area (Å²) >= 11 is 0. The fraction of sp³-hybridized carbons (Fsp3) is 0.929. The molecule has 0 saturated carbocycles. The number of hydrogen-bond acceptors (Lipinski definition) is 2. The molecule has 0 bridgehead atoms. The van der Waals surface area contributed by atoms with Crippen LogP contribution in [-0.4, -0.2) is 26.2 Å². The van der Waals surface area contributed by atoms with Gasteiger partial charge in [-0.2, -0.15) is 0 Å². The second kappa shape index (κ2) is 7.70. The van der Waals surface area contributed by atoms with Gasteiger partial charge in [0.15, 0.2) is 0 Å². The Bertz CT molecular complexity index is 228. The lowest BCUT2D eigenvalue weighted by Crippen LogP contribution is -2.25. The van der Waals surface area contributed by atoms with E-state index in [-0.39, 0.29) is 5.91 Å². The molecule has 1 amide bonds. The van der Waals surface area contributed by atoms with E-state index in [1.54, 1.807) is 7.05 Å². The summed E-state index contributed by atoms with van der Waals surface area (Å²) in [6, 6.07) is 0. The summed E-state index contributed by atoms with van der Waals surface area (Å²) in [5.41, 5.74) is 0. The minimum Gasteiger partial charge on any atom is -0.381 e. The Balaban J connectivity index is 2.54. The van der Waals surface area contributed by atoms with Crippen LogP contribution in [0.4, 0.5) is 0 Å². The molecule has 3 heteroatoms. The van der Waals surface area contributed by atoms with Crippen molar-refractivity contribution >= 4 is 5.91 Å². The second-order valence-electron chi connectivity index (χ2n) is 5.55. The predicted molar refractivity (Wildman–Crippen MR) is 69.8 cm³/mol. The third-order valence-corrected chi connectivity index (χ3v) is 3.80. The molecule has 1 N–H and O–H groups in total. The SMILES string of the molecule is CNC(=O)C[C@@H]1COCCCCC(C(C)C)C1. The maximum Gasteiger partial charge on any atom is 0.220 e. The monoisotopic (exact) mass is 241 g/mol. The highest BCUT2D eigenvalue weighted by Gasteiger charge is 2.22. The van der Waals surface area contributed by atoms with Crippen LogP contribution in [0, 0.1) is 17.8 Å². The molecule has 0 aliphatic carbocycles. The van der Waals surface area contributed by atoms with Crippen LogP contribution in [0.1, 0.15) is 46.0 Å². The van der Waals surface area contributed by atoms with E-state index in [1.165, 1.54) is 12.8 Å². The molecule has 3 nitrogen and oxygen atoms in total. The smallest absolute Gasteiger partial charge is 0.220 e. The summed E-state index contributed by atoms with van der Waals surface area (Å²) in [4.78, 5) is 11.5. The van der Waals surface area contributed by atoms with Crippen LogP contribution in [0.25, 0.3) is 0 Å². The van der Waals surface area contributed by atoms with E-state index in [1.807, 2.05) is 0 Å². The average molecular weight is 241 g/mol. The lowest BCUT2D eigenvalue weighted by atomic mass is 9.82. The minimum atomic E-state index is 0.139. The van der Waals surface area contributed by atoms with Crippen LogP contribution in [-0.2, 0) is 9.53 Å². The van der Waals surface area contributed by atoms with Gasteiger partial charge >= 0.3 is 0 Å². The Morgan fingerprint density at radius 2 is 2.18 bits per heavy atom. The van der Waals surface area contributed by atoms with Crippen LogP contribution < -0.4 is 5.32 Å². The van der Waals surface area contributed by atoms with Gasteiger partial charge in [-0.3, -0.25) is 4.79 Å². The number of carbonyl (C=O) groups excluding carboxylic acids is 1. The topological polar surface area (TPSA) is 38.3 Å². The molecule has 0 aromatic heterocycles. The normalized spacial score (nSPS) is 27.1. The van der Waals surface area contributed by atoms with Gasteiger partial charge in [0.05, 0.1) is 0 Å². The van der Waals surface area contributed by atoms with E-state index in [2.05, 4.69) is 19.2 Å². The number of hydrogen-bond donors (Lipinski definition) is 1. The molecule has 2 atom stereocenters. The number of nitrogens with one attached hydrogen (secondary N) is 1. The molecule has 1 rings (SSSR count). The van der Waals surface area contributed by atoms with Crippen LogP contribution in [0.3, 0.4) is 0 Å². The third-order valence-electron chi connectivity index (χ3n) is 3.80. The summed E-state index contributed by atoms with van der Waals surface area (Å²) in [5.74, 6) is 1.98. The molecule has 0 aromatic carbocycles. The molecule has 1 saturated heterocycles. The molecule has 0 aromatic rings. The summed E-state index contributed by atoms with van der Waals surface area (Å²) in [6.07, 6.45) is 5.45.